The van der Waals surface area contributed by atoms with Gasteiger partial charge in [0.2, 0.25) is 5.89 Å². The molecule has 1 atom stereocenters. The summed E-state index contributed by atoms with van der Waals surface area (Å²) in [5.41, 5.74) is 5.72. The monoisotopic (exact) mass is 376 g/mol. The van der Waals surface area contributed by atoms with Gasteiger partial charge >= 0.3 is 12.0 Å². The van der Waals surface area contributed by atoms with Crippen molar-refractivity contribution in [3.63, 3.8) is 0 Å². The predicted octanol–water partition coefficient (Wildman–Crippen LogP) is 2.58. The van der Waals surface area contributed by atoms with Crippen LogP contribution in [0.25, 0.3) is 11.5 Å². The van der Waals surface area contributed by atoms with Crippen molar-refractivity contribution in [1.29, 1.82) is 0 Å². The molecule has 0 saturated heterocycles. The molecule has 0 unspecified atom stereocenters. The van der Waals surface area contributed by atoms with Crippen molar-refractivity contribution in [2.24, 2.45) is 5.73 Å². The Morgan fingerprint density at radius 1 is 1.19 bits per heavy atom. The number of unbranched alkanes of at least 4 members (excludes halogenated alkanes) is 2. The lowest BCUT2D eigenvalue weighted by Crippen LogP contribution is -2.29. The number of hydrogen-bond donors (Lipinski definition) is 2. The number of nitrogens with two attached hydrogens (primary N) is 1. The molecule has 0 radical (unpaired) electrons. The average molecular weight is 376 g/mol. The number of carbonyl (C=O) groups excluding carboxylic acids is 2. The topological polar surface area (TPSA) is 130 Å². The first-order valence-corrected chi connectivity index (χ1v) is 8.70. The van der Waals surface area contributed by atoms with Gasteiger partial charge < -0.3 is 24.9 Å². The smallest absolute Gasteiger partial charge is 0.312 e. The van der Waals surface area contributed by atoms with Gasteiger partial charge in [-0.3, -0.25) is 4.79 Å². The third-order valence-electron chi connectivity index (χ3n) is 3.79. The lowest BCUT2D eigenvalue weighted by Gasteiger charge is -2.09. The minimum Gasteiger partial charge on any atom is -0.497 e. The fraction of sp³-hybridized carbons (Fsp3) is 0.444. The standard InChI is InChI=1S/C18H24N4O5/c1-12(26-15(23)6-4-3-5-11-20-18(19)24)16-21-22-17(27-16)13-7-9-14(25-2)10-8-13/h7-10,12H,3-6,11H2,1-2H3,(H3,19,20,24)/t12-/m0/s1. The van der Waals surface area contributed by atoms with Crippen molar-refractivity contribution in [2.45, 2.75) is 38.7 Å². The number of nitrogens with one attached hydrogen (secondary N) is 1. The highest BCUT2D eigenvalue weighted by Crippen LogP contribution is 2.24. The van der Waals surface area contributed by atoms with E-state index in [-0.39, 0.29) is 18.3 Å². The van der Waals surface area contributed by atoms with E-state index in [1.807, 2.05) is 0 Å². The molecule has 2 aromatic rings. The number of nitrogens with zero attached hydrogens (tertiary/aromatic N) is 2. The molecule has 0 aliphatic carbocycles. The van der Waals surface area contributed by atoms with E-state index >= 15 is 0 Å². The van der Waals surface area contributed by atoms with E-state index < -0.39 is 12.1 Å². The lowest BCUT2D eigenvalue weighted by molar-refractivity contribution is -0.149. The Labute approximate surface area is 157 Å². The van der Waals surface area contributed by atoms with Gasteiger partial charge in [0.05, 0.1) is 7.11 Å². The summed E-state index contributed by atoms with van der Waals surface area (Å²) in [4.78, 5) is 22.4. The van der Waals surface area contributed by atoms with Gasteiger partial charge in [-0.25, -0.2) is 4.79 Å². The van der Waals surface area contributed by atoms with Crippen molar-refractivity contribution >= 4 is 12.0 Å². The predicted molar refractivity (Wildman–Crippen MR) is 96.8 cm³/mol. The van der Waals surface area contributed by atoms with Crippen LogP contribution in [0.3, 0.4) is 0 Å². The van der Waals surface area contributed by atoms with Crippen LogP contribution < -0.4 is 15.8 Å². The quantitative estimate of drug-likeness (QED) is 0.481. The molecule has 27 heavy (non-hydrogen) atoms. The summed E-state index contributed by atoms with van der Waals surface area (Å²) >= 11 is 0. The lowest BCUT2D eigenvalue weighted by atomic mass is 10.2. The van der Waals surface area contributed by atoms with Crippen LogP contribution >= 0.6 is 0 Å². The minimum atomic E-state index is -0.631. The second kappa shape index (κ2) is 10.1. The first kappa shape index (κ1) is 20.2. The molecule has 1 aromatic carbocycles. The SMILES string of the molecule is COc1ccc(-c2nnc([C@H](C)OC(=O)CCCCCNC(N)=O)o2)cc1. The zero-order chi connectivity index (χ0) is 19.6. The number of rotatable bonds is 10. The van der Waals surface area contributed by atoms with Crippen molar-refractivity contribution in [3.05, 3.63) is 30.2 Å². The number of methoxy groups -OCH3 is 1. The summed E-state index contributed by atoms with van der Waals surface area (Å²) < 4.78 is 16.0. The minimum absolute atomic E-state index is 0.236. The van der Waals surface area contributed by atoms with E-state index in [4.69, 9.17) is 19.6 Å². The van der Waals surface area contributed by atoms with Gasteiger partial charge in [0.25, 0.3) is 5.89 Å². The molecule has 2 amide bonds. The molecule has 9 nitrogen and oxygen atoms in total. The third kappa shape index (κ3) is 6.61. The molecule has 146 valence electrons. The molecule has 0 aliphatic rings. The van der Waals surface area contributed by atoms with E-state index in [9.17, 15) is 9.59 Å². The highest BCUT2D eigenvalue weighted by Gasteiger charge is 2.18. The number of ether oxygens (including phenoxy) is 2. The Hall–Kier alpha value is -3.10. The molecule has 1 aromatic heterocycles. The highest BCUT2D eigenvalue weighted by molar-refractivity contribution is 5.71. The van der Waals surface area contributed by atoms with Crippen LogP contribution in [0.5, 0.6) is 5.75 Å². The molecule has 2 rings (SSSR count). The fourth-order valence-electron chi connectivity index (χ4n) is 2.34. The molecule has 3 N–H and O–H groups in total. The van der Waals surface area contributed by atoms with E-state index in [0.717, 1.165) is 24.2 Å². The molecule has 0 bridgehead atoms. The summed E-state index contributed by atoms with van der Waals surface area (Å²) in [6.45, 7) is 2.18. The molecule has 0 fully saturated rings. The van der Waals surface area contributed by atoms with Gasteiger partial charge in [-0.2, -0.15) is 0 Å². The first-order valence-electron chi connectivity index (χ1n) is 8.70. The Morgan fingerprint density at radius 2 is 1.93 bits per heavy atom. The third-order valence-corrected chi connectivity index (χ3v) is 3.79. The van der Waals surface area contributed by atoms with Crippen LogP contribution in [0.15, 0.2) is 28.7 Å². The van der Waals surface area contributed by atoms with Gasteiger partial charge in [0.1, 0.15) is 5.75 Å². The van der Waals surface area contributed by atoms with Crippen LogP contribution in [0.2, 0.25) is 0 Å². The second-order valence-electron chi connectivity index (χ2n) is 5.91. The van der Waals surface area contributed by atoms with Crippen LogP contribution in [0.4, 0.5) is 4.79 Å². The average Bonchev–Trinajstić information content (AvgIpc) is 3.14. The number of aromatic nitrogens is 2. The van der Waals surface area contributed by atoms with Crippen LogP contribution in [0.1, 0.15) is 44.6 Å². The highest BCUT2D eigenvalue weighted by atomic mass is 16.6. The number of esters is 1. The maximum atomic E-state index is 11.9. The first-order chi connectivity index (χ1) is 13.0. The summed E-state index contributed by atoms with van der Waals surface area (Å²) in [7, 11) is 1.59. The van der Waals surface area contributed by atoms with E-state index in [1.54, 1.807) is 38.3 Å². The van der Waals surface area contributed by atoms with E-state index in [2.05, 4.69) is 15.5 Å². The van der Waals surface area contributed by atoms with Crippen molar-refractivity contribution in [3.8, 4) is 17.2 Å². The maximum Gasteiger partial charge on any atom is 0.312 e. The van der Waals surface area contributed by atoms with Crippen molar-refractivity contribution < 1.29 is 23.5 Å². The molecular formula is C18H24N4O5. The van der Waals surface area contributed by atoms with Crippen LogP contribution in [-0.4, -0.2) is 35.9 Å². The fourth-order valence-corrected chi connectivity index (χ4v) is 2.34. The normalized spacial score (nSPS) is 11.6. The number of benzene rings is 1. The molecule has 0 aliphatic heterocycles. The van der Waals surface area contributed by atoms with Crippen LogP contribution in [0, 0.1) is 0 Å². The zero-order valence-electron chi connectivity index (χ0n) is 15.4. The Morgan fingerprint density at radius 3 is 2.59 bits per heavy atom. The number of amides is 2. The number of carbonyl (C=O) groups is 2. The largest absolute Gasteiger partial charge is 0.497 e. The Kier molecular flexibility index (Phi) is 7.60. The van der Waals surface area contributed by atoms with Gasteiger partial charge in [-0.15, -0.1) is 10.2 Å². The van der Waals surface area contributed by atoms with E-state index in [0.29, 0.717) is 18.9 Å². The van der Waals surface area contributed by atoms with E-state index in [1.165, 1.54) is 0 Å². The molecule has 0 saturated carbocycles. The van der Waals surface area contributed by atoms with Crippen molar-refractivity contribution in [2.75, 3.05) is 13.7 Å². The van der Waals surface area contributed by atoms with Crippen LogP contribution in [-0.2, 0) is 9.53 Å². The summed E-state index contributed by atoms with van der Waals surface area (Å²) in [6, 6.07) is 6.65. The molecular weight excluding hydrogens is 352 g/mol. The molecule has 0 spiro atoms. The van der Waals surface area contributed by atoms with Gasteiger partial charge in [0, 0.05) is 18.5 Å². The van der Waals surface area contributed by atoms with Gasteiger partial charge in [0.15, 0.2) is 6.10 Å². The number of primary amides is 1. The Balaban J connectivity index is 1.76. The number of hydrogen-bond acceptors (Lipinski definition) is 7. The van der Waals surface area contributed by atoms with Gasteiger partial charge in [-0.1, -0.05) is 6.42 Å². The zero-order valence-corrected chi connectivity index (χ0v) is 15.4. The van der Waals surface area contributed by atoms with Crippen molar-refractivity contribution in [1.82, 2.24) is 15.5 Å². The Bertz CT molecular complexity index is 744. The summed E-state index contributed by atoms with van der Waals surface area (Å²) in [6.07, 6.45) is 1.84. The molecule has 9 heteroatoms. The summed E-state index contributed by atoms with van der Waals surface area (Å²) in [5, 5.41) is 10.4. The van der Waals surface area contributed by atoms with Gasteiger partial charge in [-0.05, 0) is 44.0 Å². The second-order valence-corrected chi connectivity index (χ2v) is 5.91. The maximum absolute atomic E-state index is 11.9. The number of urea groups is 1. The summed E-state index contributed by atoms with van der Waals surface area (Å²) in [5.74, 6) is 0.970. The molecule has 1 heterocycles.